The smallest absolute Gasteiger partial charge is 0.305 e. The van der Waals surface area contributed by atoms with Crippen LogP contribution in [0.3, 0.4) is 0 Å². The lowest BCUT2D eigenvalue weighted by Crippen LogP contribution is -2.45. The summed E-state index contributed by atoms with van der Waals surface area (Å²) in [6.07, 6.45) is 85.6. The highest BCUT2D eigenvalue weighted by Crippen LogP contribution is 2.19. The molecule has 6 nitrogen and oxygen atoms in total. The molecule has 470 valence electrons. The van der Waals surface area contributed by atoms with E-state index in [9.17, 15) is 19.8 Å². The zero-order valence-corrected chi connectivity index (χ0v) is 53.9. The largest absolute Gasteiger partial charge is 0.466 e. The van der Waals surface area contributed by atoms with Gasteiger partial charge in [-0.25, -0.2) is 0 Å². The van der Waals surface area contributed by atoms with Crippen molar-refractivity contribution in [1.82, 2.24) is 5.32 Å². The number of aliphatic hydroxyl groups excluding tert-OH is 2. The Labute approximate surface area is 495 Å². The SMILES string of the molecule is CCCCCCCCCCCCCCCCCCCCCC(=O)OCCCCCCCCCCCCCC/C=C\CCCCCCCCCCCCCCC(=O)NC(CO)C(O)CCCCCCCCCCCCCCCCC. The number of carbonyl (C=O) groups is 2. The monoisotopic (exact) mass is 1110 g/mol. The maximum atomic E-state index is 12.5. The summed E-state index contributed by atoms with van der Waals surface area (Å²) < 4.78 is 5.51. The van der Waals surface area contributed by atoms with Crippen molar-refractivity contribution in [3.05, 3.63) is 12.2 Å². The van der Waals surface area contributed by atoms with E-state index in [1.807, 2.05) is 0 Å². The summed E-state index contributed by atoms with van der Waals surface area (Å²) in [7, 11) is 0. The van der Waals surface area contributed by atoms with Gasteiger partial charge in [-0.05, 0) is 51.4 Å². The number of hydrogen-bond donors (Lipinski definition) is 3. The second kappa shape index (κ2) is 69.1. The lowest BCUT2D eigenvalue weighted by Gasteiger charge is -2.22. The average Bonchev–Trinajstić information content (AvgIpc) is 3.45. The lowest BCUT2D eigenvalue weighted by atomic mass is 10.0. The Bertz CT molecular complexity index is 1190. The molecular formula is C73H143NO5. The van der Waals surface area contributed by atoms with E-state index in [0.29, 0.717) is 25.9 Å². The fraction of sp³-hybridized carbons (Fsp3) is 0.945. The normalized spacial score (nSPS) is 12.5. The van der Waals surface area contributed by atoms with Gasteiger partial charge in [-0.1, -0.05) is 366 Å². The van der Waals surface area contributed by atoms with Crippen LogP contribution in [0.5, 0.6) is 0 Å². The number of esters is 1. The van der Waals surface area contributed by atoms with Gasteiger partial charge in [-0.3, -0.25) is 9.59 Å². The minimum Gasteiger partial charge on any atom is -0.466 e. The van der Waals surface area contributed by atoms with Gasteiger partial charge in [0.15, 0.2) is 0 Å². The molecule has 0 aliphatic heterocycles. The van der Waals surface area contributed by atoms with Gasteiger partial charge < -0.3 is 20.3 Å². The maximum absolute atomic E-state index is 12.5. The molecule has 3 N–H and O–H groups in total. The quantitative estimate of drug-likeness (QED) is 0.0320. The van der Waals surface area contributed by atoms with E-state index in [4.69, 9.17) is 4.74 Å². The van der Waals surface area contributed by atoms with Crippen molar-refractivity contribution >= 4 is 11.9 Å². The highest BCUT2D eigenvalue weighted by atomic mass is 16.5. The summed E-state index contributed by atoms with van der Waals surface area (Å²) in [5, 5.41) is 23.3. The summed E-state index contributed by atoms with van der Waals surface area (Å²) in [6.45, 7) is 5.00. The molecule has 0 radical (unpaired) electrons. The van der Waals surface area contributed by atoms with Gasteiger partial charge in [0.25, 0.3) is 0 Å². The second-order valence-electron chi connectivity index (χ2n) is 25.3. The topological polar surface area (TPSA) is 95.9 Å². The fourth-order valence-corrected chi connectivity index (χ4v) is 11.8. The van der Waals surface area contributed by atoms with E-state index < -0.39 is 12.1 Å². The lowest BCUT2D eigenvalue weighted by molar-refractivity contribution is -0.143. The Kier molecular flexibility index (Phi) is 67.9. The van der Waals surface area contributed by atoms with Gasteiger partial charge in [0.2, 0.25) is 5.91 Å². The zero-order valence-electron chi connectivity index (χ0n) is 53.9. The Hall–Kier alpha value is -1.40. The van der Waals surface area contributed by atoms with Crippen molar-refractivity contribution in [3.63, 3.8) is 0 Å². The van der Waals surface area contributed by atoms with Crippen molar-refractivity contribution in [2.75, 3.05) is 13.2 Å². The first kappa shape index (κ1) is 77.6. The third kappa shape index (κ3) is 65.6. The summed E-state index contributed by atoms with van der Waals surface area (Å²) >= 11 is 0. The number of ether oxygens (including phenoxy) is 1. The predicted molar refractivity (Wildman–Crippen MR) is 347 cm³/mol. The van der Waals surface area contributed by atoms with Gasteiger partial charge in [0.1, 0.15) is 0 Å². The number of aliphatic hydroxyl groups is 2. The van der Waals surface area contributed by atoms with E-state index in [2.05, 4.69) is 31.3 Å². The fourth-order valence-electron chi connectivity index (χ4n) is 11.8. The van der Waals surface area contributed by atoms with Crippen LogP contribution in [0.25, 0.3) is 0 Å². The molecular weight excluding hydrogens is 971 g/mol. The predicted octanol–water partition coefficient (Wildman–Crippen LogP) is 23.5. The Morgan fingerprint density at radius 1 is 0.342 bits per heavy atom. The van der Waals surface area contributed by atoms with Crippen LogP contribution in [0.1, 0.15) is 418 Å². The molecule has 0 rings (SSSR count). The molecule has 0 bridgehead atoms. The third-order valence-electron chi connectivity index (χ3n) is 17.3. The van der Waals surface area contributed by atoms with E-state index in [1.165, 1.54) is 347 Å². The highest BCUT2D eigenvalue weighted by molar-refractivity contribution is 5.76. The van der Waals surface area contributed by atoms with Gasteiger partial charge in [0, 0.05) is 12.8 Å². The molecule has 0 aliphatic carbocycles. The maximum Gasteiger partial charge on any atom is 0.305 e. The standard InChI is InChI=1S/C73H143NO5/c1-3-5-7-9-11-13-15-17-19-20-31-35-39-43-47-51-55-59-63-67-73(78)79-68-64-60-56-52-48-44-40-36-33-30-28-26-24-22-21-23-25-27-29-32-34-38-42-46-50-54-58-62-66-72(77)74-70(69-75)71(76)65-61-57-53-49-45-41-37-18-16-14-12-10-8-6-4-2/h21-22,70-71,75-76H,3-20,23-69H2,1-2H3,(H,74,77)/b22-21-. The molecule has 0 aliphatic rings. The Balaban J connectivity index is 3.34. The molecule has 0 spiro atoms. The number of unbranched alkanes of at least 4 members (excludes halogenated alkanes) is 56. The van der Waals surface area contributed by atoms with Crippen molar-refractivity contribution in [2.24, 2.45) is 0 Å². The number of nitrogens with one attached hydrogen (secondary N) is 1. The molecule has 0 saturated carbocycles. The molecule has 0 saturated heterocycles. The molecule has 2 atom stereocenters. The number of amides is 1. The van der Waals surface area contributed by atoms with Crippen molar-refractivity contribution < 1.29 is 24.5 Å². The first-order chi connectivity index (χ1) is 39.0. The Morgan fingerprint density at radius 3 is 0.899 bits per heavy atom. The minimum absolute atomic E-state index is 0.0217. The van der Waals surface area contributed by atoms with Gasteiger partial charge in [-0.15, -0.1) is 0 Å². The van der Waals surface area contributed by atoms with Crippen molar-refractivity contribution in [1.29, 1.82) is 0 Å². The summed E-state index contributed by atoms with van der Waals surface area (Å²) in [6, 6.07) is -0.541. The van der Waals surface area contributed by atoms with Crippen LogP contribution in [0.4, 0.5) is 0 Å². The molecule has 1 amide bonds. The van der Waals surface area contributed by atoms with Crippen LogP contribution >= 0.6 is 0 Å². The van der Waals surface area contributed by atoms with Crippen LogP contribution in [0, 0.1) is 0 Å². The number of carbonyl (C=O) groups excluding carboxylic acids is 2. The number of rotatable bonds is 69. The highest BCUT2D eigenvalue weighted by Gasteiger charge is 2.20. The first-order valence-corrected chi connectivity index (χ1v) is 36.4. The van der Waals surface area contributed by atoms with Crippen LogP contribution in [0.15, 0.2) is 12.2 Å². The summed E-state index contributed by atoms with van der Waals surface area (Å²) in [5.74, 6) is -0.00978. The first-order valence-electron chi connectivity index (χ1n) is 36.4. The van der Waals surface area contributed by atoms with Crippen molar-refractivity contribution in [2.45, 2.75) is 431 Å². The zero-order chi connectivity index (χ0) is 57.1. The van der Waals surface area contributed by atoms with E-state index in [1.54, 1.807) is 0 Å². The van der Waals surface area contributed by atoms with Gasteiger partial charge in [0.05, 0.1) is 25.4 Å². The van der Waals surface area contributed by atoms with Gasteiger partial charge in [-0.2, -0.15) is 0 Å². The minimum atomic E-state index is -0.663. The van der Waals surface area contributed by atoms with Gasteiger partial charge >= 0.3 is 5.97 Å². The van der Waals surface area contributed by atoms with Crippen LogP contribution in [-0.4, -0.2) is 47.4 Å². The van der Waals surface area contributed by atoms with Crippen LogP contribution in [-0.2, 0) is 14.3 Å². The number of hydrogen-bond acceptors (Lipinski definition) is 5. The van der Waals surface area contributed by atoms with E-state index in [-0.39, 0.29) is 18.5 Å². The van der Waals surface area contributed by atoms with Crippen LogP contribution < -0.4 is 5.32 Å². The summed E-state index contributed by atoms with van der Waals surface area (Å²) in [5.41, 5.74) is 0. The molecule has 0 aromatic heterocycles. The molecule has 6 heteroatoms. The molecule has 0 fully saturated rings. The van der Waals surface area contributed by atoms with E-state index >= 15 is 0 Å². The third-order valence-corrected chi connectivity index (χ3v) is 17.3. The molecule has 2 unspecified atom stereocenters. The molecule has 0 aromatic carbocycles. The summed E-state index contributed by atoms with van der Waals surface area (Å²) in [4.78, 5) is 24.6. The van der Waals surface area contributed by atoms with E-state index in [0.717, 1.165) is 38.5 Å². The number of allylic oxidation sites excluding steroid dienone is 2. The Morgan fingerprint density at radius 2 is 0.595 bits per heavy atom. The van der Waals surface area contributed by atoms with Crippen LogP contribution in [0.2, 0.25) is 0 Å². The molecule has 79 heavy (non-hydrogen) atoms. The molecule has 0 aromatic rings. The molecule has 0 heterocycles. The second-order valence-corrected chi connectivity index (χ2v) is 25.3. The average molecular weight is 1110 g/mol. The van der Waals surface area contributed by atoms with Crippen molar-refractivity contribution in [3.8, 4) is 0 Å².